The summed E-state index contributed by atoms with van der Waals surface area (Å²) in [6, 6.07) is 6.06. The SMILES string of the molecule is CN(CCN1CCOCC1)S(=O)(=O)c1cccc(C=O)c1. The van der Waals surface area contributed by atoms with Gasteiger partial charge < -0.3 is 4.74 Å². The van der Waals surface area contributed by atoms with Gasteiger partial charge in [0.15, 0.2) is 0 Å². The standard InChI is InChI=1S/C14H20N2O4S/c1-15(5-6-16-7-9-20-10-8-16)21(18,19)14-4-2-3-13(11-14)12-17/h2-4,11-12H,5-10H2,1H3. The molecule has 1 fully saturated rings. The van der Waals surface area contributed by atoms with Crippen molar-refractivity contribution in [2.45, 2.75) is 4.90 Å². The van der Waals surface area contributed by atoms with E-state index in [0.29, 0.717) is 38.2 Å². The number of sulfonamides is 1. The van der Waals surface area contributed by atoms with Crippen LogP contribution in [0.3, 0.4) is 0 Å². The number of nitrogens with zero attached hydrogens (tertiary/aromatic N) is 2. The summed E-state index contributed by atoms with van der Waals surface area (Å²) in [5, 5.41) is 0. The van der Waals surface area contributed by atoms with Gasteiger partial charge in [-0.25, -0.2) is 8.42 Å². The third-order valence-corrected chi connectivity index (χ3v) is 5.39. The maximum absolute atomic E-state index is 12.4. The first-order chi connectivity index (χ1) is 10.0. The average molecular weight is 312 g/mol. The van der Waals surface area contributed by atoms with Gasteiger partial charge in [-0.1, -0.05) is 12.1 Å². The fraction of sp³-hybridized carbons (Fsp3) is 0.500. The first-order valence-electron chi connectivity index (χ1n) is 6.86. The number of ether oxygens (including phenoxy) is 1. The van der Waals surface area contributed by atoms with Crippen LogP contribution in [0.5, 0.6) is 0 Å². The zero-order valence-electron chi connectivity index (χ0n) is 12.1. The molecule has 0 radical (unpaired) electrons. The molecule has 1 aliphatic heterocycles. The van der Waals surface area contributed by atoms with Crippen molar-refractivity contribution in [2.24, 2.45) is 0 Å². The van der Waals surface area contributed by atoms with Crippen LogP contribution >= 0.6 is 0 Å². The van der Waals surface area contributed by atoms with E-state index in [1.54, 1.807) is 19.2 Å². The molecule has 0 N–H and O–H groups in total. The van der Waals surface area contributed by atoms with E-state index < -0.39 is 10.0 Å². The molecule has 0 aliphatic carbocycles. The van der Waals surface area contributed by atoms with E-state index in [9.17, 15) is 13.2 Å². The van der Waals surface area contributed by atoms with Crippen LogP contribution in [0, 0.1) is 0 Å². The zero-order chi connectivity index (χ0) is 15.3. The van der Waals surface area contributed by atoms with Crippen LogP contribution in [0.15, 0.2) is 29.2 Å². The number of carbonyl (C=O) groups is 1. The van der Waals surface area contributed by atoms with Crippen molar-refractivity contribution in [3.05, 3.63) is 29.8 Å². The second kappa shape index (κ2) is 7.13. The highest BCUT2D eigenvalue weighted by atomic mass is 32.2. The minimum atomic E-state index is -3.56. The third kappa shape index (κ3) is 4.10. The summed E-state index contributed by atoms with van der Waals surface area (Å²) in [6.45, 7) is 4.12. The Bertz CT molecular complexity index is 582. The second-order valence-corrected chi connectivity index (χ2v) is 7.02. The lowest BCUT2D eigenvalue weighted by Crippen LogP contribution is -2.41. The largest absolute Gasteiger partial charge is 0.379 e. The summed E-state index contributed by atoms with van der Waals surface area (Å²) in [7, 11) is -2.00. The van der Waals surface area contributed by atoms with Crippen LogP contribution < -0.4 is 0 Å². The summed E-state index contributed by atoms with van der Waals surface area (Å²) in [4.78, 5) is 13.1. The second-order valence-electron chi connectivity index (χ2n) is 4.97. The lowest BCUT2D eigenvalue weighted by atomic mass is 10.2. The number of hydrogen-bond acceptors (Lipinski definition) is 5. The van der Waals surface area contributed by atoms with E-state index >= 15 is 0 Å². The van der Waals surface area contributed by atoms with Gasteiger partial charge in [0.05, 0.1) is 18.1 Å². The molecular weight excluding hydrogens is 292 g/mol. The van der Waals surface area contributed by atoms with Crippen molar-refractivity contribution in [2.75, 3.05) is 46.4 Å². The van der Waals surface area contributed by atoms with Gasteiger partial charge >= 0.3 is 0 Å². The summed E-state index contributed by atoms with van der Waals surface area (Å²) in [5.41, 5.74) is 0.359. The van der Waals surface area contributed by atoms with Gasteiger partial charge in [0.2, 0.25) is 10.0 Å². The zero-order valence-corrected chi connectivity index (χ0v) is 12.9. The van der Waals surface area contributed by atoms with Gasteiger partial charge in [-0.05, 0) is 12.1 Å². The van der Waals surface area contributed by atoms with Crippen molar-refractivity contribution in [1.82, 2.24) is 9.21 Å². The lowest BCUT2D eigenvalue weighted by molar-refractivity contribution is 0.0368. The Labute approximate surface area is 125 Å². The maximum atomic E-state index is 12.4. The van der Waals surface area contributed by atoms with Crippen molar-refractivity contribution in [1.29, 1.82) is 0 Å². The molecule has 0 spiro atoms. The summed E-state index contributed by atoms with van der Waals surface area (Å²) in [5.74, 6) is 0. The Hall–Kier alpha value is -1.28. The molecule has 2 rings (SSSR count). The molecule has 1 aromatic rings. The summed E-state index contributed by atoms with van der Waals surface area (Å²) >= 11 is 0. The predicted molar refractivity (Wildman–Crippen MR) is 78.9 cm³/mol. The number of benzene rings is 1. The van der Waals surface area contributed by atoms with E-state index in [1.807, 2.05) is 0 Å². The third-order valence-electron chi connectivity index (χ3n) is 3.54. The molecule has 0 saturated carbocycles. The van der Waals surface area contributed by atoms with Crippen LogP contribution in [0.25, 0.3) is 0 Å². The molecule has 1 aromatic carbocycles. The van der Waals surface area contributed by atoms with Gasteiger partial charge in [0.25, 0.3) is 0 Å². The molecular formula is C14H20N2O4S. The van der Waals surface area contributed by atoms with Crippen LogP contribution in [0.1, 0.15) is 10.4 Å². The highest BCUT2D eigenvalue weighted by molar-refractivity contribution is 7.89. The molecule has 0 bridgehead atoms. The number of likely N-dealkylation sites (N-methyl/N-ethyl adjacent to an activating group) is 1. The van der Waals surface area contributed by atoms with Crippen LogP contribution in [0.4, 0.5) is 0 Å². The van der Waals surface area contributed by atoms with Crippen LogP contribution in [-0.2, 0) is 14.8 Å². The topological polar surface area (TPSA) is 66.9 Å². The number of carbonyl (C=O) groups excluding carboxylic acids is 1. The highest BCUT2D eigenvalue weighted by Gasteiger charge is 2.22. The van der Waals surface area contributed by atoms with Crippen molar-refractivity contribution in [3.8, 4) is 0 Å². The first kappa shape index (κ1) is 16.1. The van der Waals surface area contributed by atoms with E-state index in [2.05, 4.69) is 4.90 Å². The maximum Gasteiger partial charge on any atom is 0.242 e. The Morgan fingerprint density at radius 1 is 1.33 bits per heavy atom. The normalized spacial score (nSPS) is 17.0. The predicted octanol–water partition coefficient (Wildman–Crippen LogP) is 0.452. The minimum Gasteiger partial charge on any atom is -0.379 e. The fourth-order valence-electron chi connectivity index (χ4n) is 2.16. The quantitative estimate of drug-likeness (QED) is 0.714. The average Bonchev–Trinajstić information content (AvgIpc) is 2.53. The van der Waals surface area contributed by atoms with E-state index in [4.69, 9.17) is 4.74 Å². The lowest BCUT2D eigenvalue weighted by Gasteiger charge is -2.28. The minimum absolute atomic E-state index is 0.150. The van der Waals surface area contributed by atoms with Crippen LogP contribution in [-0.4, -0.2) is 70.3 Å². The number of hydrogen-bond donors (Lipinski definition) is 0. The van der Waals surface area contributed by atoms with E-state index in [-0.39, 0.29) is 4.90 Å². The van der Waals surface area contributed by atoms with Crippen molar-refractivity contribution >= 4 is 16.3 Å². The molecule has 1 saturated heterocycles. The van der Waals surface area contributed by atoms with Gasteiger partial charge in [-0.3, -0.25) is 9.69 Å². The van der Waals surface area contributed by atoms with Crippen molar-refractivity contribution in [3.63, 3.8) is 0 Å². The number of aldehydes is 1. The molecule has 1 aliphatic rings. The molecule has 21 heavy (non-hydrogen) atoms. The van der Waals surface area contributed by atoms with Gasteiger partial charge in [0, 0.05) is 38.8 Å². The summed E-state index contributed by atoms with van der Waals surface area (Å²) in [6.07, 6.45) is 0.646. The fourth-order valence-corrected chi connectivity index (χ4v) is 3.37. The number of rotatable bonds is 6. The molecule has 0 unspecified atom stereocenters. The Kier molecular flexibility index (Phi) is 5.46. The molecule has 0 amide bonds. The van der Waals surface area contributed by atoms with Gasteiger partial charge in [-0.15, -0.1) is 0 Å². The highest BCUT2D eigenvalue weighted by Crippen LogP contribution is 2.15. The molecule has 6 nitrogen and oxygen atoms in total. The molecule has 0 aromatic heterocycles. The molecule has 7 heteroatoms. The molecule has 1 heterocycles. The molecule has 116 valence electrons. The first-order valence-corrected chi connectivity index (χ1v) is 8.30. The Morgan fingerprint density at radius 3 is 2.71 bits per heavy atom. The summed E-state index contributed by atoms with van der Waals surface area (Å²) < 4.78 is 31.5. The van der Waals surface area contributed by atoms with E-state index in [0.717, 1.165) is 13.1 Å². The number of morpholine rings is 1. The smallest absolute Gasteiger partial charge is 0.242 e. The van der Waals surface area contributed by atoms with E-state index in [1.165, 1.54) is 16.4 Å². The van der Waals surface area contributed by atoms with Crippen molar-refractivity contribution < 1.29 is 17.9 Å². The van der Waals surface area contributed by atoms with Crippen LogP contribution in [0.2, 0.25) is 0 Å². The van der Waals surface area contributed by atoms with Gasteiger partial charge in [-0.2, -0.15) is 4.31 Å². The monoisotopic (exact) mass is 312 g/mol. The Morgan fingerprint density at radius 2 is 2.05 bits per heavy atom. The Balaban J connectivity index is 2.01. The van der Waals surface area contributed by atoms with Gasteiger partial charge in [0.1, 0.15) is 6.29 Å². The molecule has 0 atom stereocenters.